The summed E-state index contributed by atoms with van der Waals surface area (Å²) >= 11 is 0. The first-order valence-corrected chi connectivity index (χ1v) is 10.0. The van der Waals surface area contributed by atoms with Crippen molar-refractivity contribution in [3.63, 3.8) is 0 Å². The fourth-order valence-corrected chi connectivity index (χ4v) is 4.49. The van der Waals surface area contributed by atoms with Gasteiger partial charge in [0.25, 0.3) is 0 Å². The minimum atomic E-state index is -0.609. The summed E-state index contributed by atoms with van der Waals surface area (Å²) in [5.74, 6) is 0.0578. The summed E-state index contributed by atoms with van der Waals surface area (Å²) in [6.45, 7) is 5.69. The van der Waals surface area contributed by atoms with E-state index in [-0.39, 0.29) is 5.78 Å². The molecule has 144 valence electrons. The van der Waals surface area contributed by atoms with E-state index in [0.717, 1.165) is 52.0 Å². The summed E-state index contributed by atoms with van der Waals surface area (Å²) in [4.78, 5) is 16.8. The highest BCUT2D eigenvalue weighted by atomic mass is 16.1. The molecule has 3 nitrogen and oxygen atoms in total. The number of carbonyl (C=O) groups is 1. The average molecular weight is 380 g/mol. The number of aromatic nitrogens is 1. The fourth-order valence-electron chi connectivity index (χ4n) is 4.49. The largest absolute Gasteiger partial charge is 0.295 e. The van der Waals surface area contributed by atoms with E-state index in [4.69, 9.17) is 4.98 Å². The van der Waals surface area contributed by atoms with E-state index in [1.807, 2.05) is 43.3 Å². The van der Waals surface area contributed by atoms with Crippen LogP contribution in [-0.4, -0.2) is 10.8 Å². The van der Waals surface area contributed by atoms with Gasteiger partial charge in [-0.1, -0.05) is 48.5 Å². The zero-order valence-electron chi connectivity index (χ0n) is 17.1. The van der Waals surface area contributed by atoms with Gasteiger partial charge in [-0.05, 0) is 73.9 Å². The first-order valence-electron chi connectivity index (χ1n) is 10.0. The van der Waals surface area contributed by atoms with Gasteiger partial charge in [-0.2, -0.15) is 5.26 Å². The topological polar surface area (TPSA) is 53.8 Å². The lowest BCUT2D eigenvalue weighted by atomic mass is 9.80. The smallest absolute Gasteiger partial charge is 0.159 e. The van der Waals surface area contributed by atoms with Crippen LogP contribution in [0.2, 0.25) is 0 Å². The Kier molecular flexibility index (Phi) is 4.80. The van der Waals surface area contributed by atoms with Crippen molar-refractivity contribution in [1.82, 2.24) is 4.98 Å². The van der Waals surface area contributed by atoms with Gasteiger partial charge in [0.05, 0.1) is 11.8 Å². The Morgan fingerprint density at radius 3 is 2.59 bits per heavy atom. The van der Waals surface area contributed by atoms with Crippen LogP contribution in [0.3, 0.4) is 0 Å². The van der Waals surface area contributed by atoms with Crippen LogP contribution in [0.25, 0.3) is 11.1 Å². The summed E-state index contributed by atoms with van der Waals surface area (Å²) in [6.07, 6.45) is 2.26. The molecule has 1 heterocycles. The number of hydrogen-bond donors (Lipinski definition) is 0. The Bertz CT molecular complexity index is 1140. The molecule has 29 heavy (non-hydrogen) atoms. The van der Waals surface area contributed by atoms with Crippen molar-refractivity contribution < 1.29 is 4.79 Å². The monoisotopic (exact) mass is 380 g/mol. The molecule has 1 aliphatic carbocycles. The number of Topliss-reactive ketones (excluding diaryl/α,β-unsaturated/α-hetero) is 1. The van der Waals surface area contributed by atoms with Gasteiger partial charge in [0, 0.05) is 11.3 Å². The molecule has 0 bridgehead atoms. The van der Waals surface area contributed by atoms with Crippen molar-refractivity contribution in [1.29, 1.82) is 5.26 Å². The number of aryl methyl sites for hydroxylation is 1. The van der Waals surface area contributed by atoms with E-state index in [0.29, 0.717) is 12.0 Å². The number of benzene rings is 2. The molecule has 0 amide bonds. The molecule has 0 spiro atoms. The minimum absolute atomic E-state index is 0.0578. The number of nitrogens with zero attached hydrogens (tertiary/aromatic N) is 2. The number of hydrogen-bond acceptors (Lipinski definition) is 3. The Hall–Kier alpha value is -3.25. The van der Waals surface area contributed by atoms with Crippen molar-refractivity contribution in [2.24, 2.45) is 0 Å². The second-order valence-corrected chi connectivity index (χ2v) is 8.02. The average Bonchev–Trinajstić information content (AvgIpc) is 3.07. The maximum atomic E-state index is 11.9. The predicted octanol–water partition coefficient (Wildman–Crippen LogP) is 5.52. The maximum Gasteiger partial charge on any atom is 0.159 e. The number of carbonyl (C=O) groups excluding carboxylic acids is 1. The standard InChI is InChI=1S/C26H24N2O/c1-17-18(2)28-25-23(24(17)22-11-7-10-21(14-22)19(3)29)12-13-26(25,16-27)15-20-8-5-4-6-9-20/h4-11,14H,12-13,15H2,1-3H3/t26-/m0/s1. The molecule has 0 saturated heterocycles. The third kappa shape index (κ3) is 3.25. The lowest BCUT2D eigenvalue weighted by Crippen LogP contribution is -2.25. The molecular weight excluding hydrogens is 356 g/mol. The normalized spacial score (nSPS) is 17.6. The van der Waals surface area contributed by atoms with E-state index in [1.54, 1.807) is 6.92 Å². The number of ketones is 1. The van der Waals surface area contributed by atoms with Gasteiger partial charge in [0.1, 0.15) is 5.41 Å². The highest BCUT2D eigenvalue weighted by Crippen LogP contribution is 2.45. The number of rotatable bonds is 4. The molecule has 2 aromatic carbocycles. The van der Waals surface area contributed by atoms with Crippen molar-refractivity contribution in [3.8, 4) is 17.2 Å². The van der Waals surface area contributed by atoms with Crippen LogP contribution in [0.5, 0.6) is 0 Å². The SMILES string of the molecule is CC(=O)c1cccc(-c2c(C)c(C)nc3c2CC[C@@]3(C#N)Cc2ccccc2)c1. The zero-order valence-corrected chi connectivity index (χ0v) is 17.1. The summed E-state index contributed by atoms with van der Waals surface area (Å²) in [6, 6.07) is 20.6. The summed E-state index contributed by atoms with van der Waals surface area (Å²) in [5, 5.41) is 10.2. The van der Waals surface area contributed by atoms with Gasteiger partial charge in [-0.3, -0.25) is 9.78 Å². The van der Waals surface area contributed by atoms with Crippen LogP contribution in [0.15, 0.2) is 54.6 Å². The van der Waals surface area contributed by atoms with Gasteiger partial charge >= 0.3 is 0 Å². The molecule has 3 aromatic rings. The molecule has 0 fully saturated rings. The lowest BCUT2D eigenvalue weighted by Gasteiger charge is -2.23. The third-order valence-corrected chi connectivity index (χ3v) is 6.16. The van der Waals surface area contributed by atoms with E-state index in [1.165, 1.54) is 0 Å². The second-order valence-electron chi connectivity index (χ2n) is 8.02. The van der Waals surface area contributed by atoms with Crippen LogP contribution in [-0.2, 0) is 18.3 Å². The Morgan fingerprint density at radius 1 is 1.14 bits per heavy atom. The Balaban J connectivity index is 1.90. The highest BCUT2D eigenvalue weighted by Gasteiger charge is 2.42. The van der Waals surface area contributed by atoms with Crippen LogP contribution >= 0.6 is 0 Å². The number of pyridine rings is 1. The molecule has 0 N–H and O–H groups in total. The molecule has 1 aromatic heterocycles. The van der Waals surface area contributed by atoms with Gasteiger partial charge in [0.2, 0.25) is 0 Å². The quantitative estimate of drug-likeness (QED) is 0.560. The zero-order chi connectivity index (χ0) is 20.6. The molecule has 0 radical (unpaired) electrons. The molecule has 1 aliphatic rings. The van der Waals surface area contributed by atoms with Gasteiger partial charge in [-0.25, -0.2) is 0 Å². The molecule has 0 unspecified atom stereocenters. The van der Waals surface area contributed by atoms with E-state index >= 15 is 0 Å². The second kappa shape index (κ2) is 7.29. The first kappa shape index (κ1) is 19.1. The molecule has 0 saturated carbocycles. The molecule has 3 heteroatoms. The van der Waals surface area contributed by atoms with Crippen molar-refractivity contribution >= 4 is 5.78 Å². The first-order chi connectivity index (χ1) is 13.9. The van der Waals surface area contributed by atoms with E-state index in [2.05, 4.69) is 31.2 Å². The predicted molar refractivity (Wildman–Crippen MR) is 115 cm³/mol. The van der Waals surface area contributed by atoms with Crippen molar-refractivity contribution in [2.45, 2.75) is 45.4 Å². The third-order valence-electron chi connectivity index (χ3n) is 6.16. The van der Waals surface area contributed by atoms with Crippen LogP contribution in [0.1, 0.15) is 51.8 Å². The highest BCUT2D eigenvalue weighted by molar-refractivity contribution is 5.95. The van der Waals surface area contributed by atoms with Gasteiger partial charge in [0.15, 0.2) is 5.78 Å². The van der Waals surface area contributed by atoms with Crippen LogP contribution in [0, 0.1) is 25.2 Å². The number of nitriles is 1. The van der Waals surface area contributed by atoms with E-state index < -0.39 is 5.41 Å². The van der Waals surface area contributed by atoms with Crippen molar-refractivity contribution in [2.75, 3.05) is 0 Å². The van der Waals surface area contributed by atoms with Gasteiger partial charge in [-0.15, -0.1) is 0 Å². The number of fused-ring (bicyclic) bond motifs is 1. The fraction of sp³-hybridized carbons (Fsp3) is 0.269. The molecular formula is C26H24N2O. The molecule has 1 atom stereocenters. The Labute approximate surface area is 172 Å². The van der Waals surface area contributed by atoms with E-state index in [9.17, 15) is 10.1 Å². The maximum absolute atomic E-state index is 11.9. The summed E-state index contributed by atoms with van der Waals surface area (Å²) in [5.41, 5.74) is 7.57. The summed E-state index contributed by atoms with van der Waals surface area (Å²) in [7, 11) is 0. The van der Waals surface area contributed by atoms with Crippen LogP contribution in [0.4, 0.5) is 0 Å². The van der Waals surface area contributed by atoms with Crippen molar-refractivity contribution in [3.05, 3.63) is 88.2 Å². The Morgan fingerprint density at radius 2 is 1.90 bits per heavy atom. The molecule has 4 rings (SSSR count). The van der Waals surface area contributed by atoms with Crippen LogP contribution < -0.4 is 0 Å². The van der Waals surface area contributed by atoms with Gasteiger partial charge < -0.3 is 0 Å². The minimum Gasteiger partial charge on any atom is -0.295 e. The lowest BCUT2D eigenvalue weighted by molar-refractivity contribution is 0.101. The molecule has 0 aliphatic heterocycles. The summed E-state index contributed by atoms with van der Waals surface area (Å²) < 4.78 is 0.